The third-order valence-electron chi connectivity index (χ3n) is 6.82. The Morgan fingerprint density at radius 1 is 1.03 bits per heavy atom. The van der Waals surface area contributed by atoms with Crippen molar-refractivity contribution in [1.82, 2.24) is 14.9 Å². The van der Waals surface area contributed by atoms with Gasteiger partial charge in [-0.1, -0.05) is 12.1 Å². The molecular weight excluding hydrogens is 512 g/mol. The Morgan fingerprint density at radius 2 is 1.76 bits per heavy atom. The summed E-state index contributed by atoms with van der Waals surface area (Å²) in [6, 6.07) is 11.7. The third-order valence-corrected chi connectivity index (χ3v) is 8.06. The van der Waals surface area contributed by atoms with Crippen LogP contribution >= 0.6 is 0 Å². The van der Waals surface area contributed by atoms with Crippen LogP contribution in [-0.2, 0) is 15.8 Å². The molecule has 2 aromatic heterocycles. The molecule has 0 amide bonds. The van der Waals surface area contributed by atoms with Crippen molar-refractivity contribution in [2.24, 2.45) is 0 Å². The quantitative estimate of drug-likeness (QED) is 0.308. The average Bonchev–Trinajstić information content (AvgIpc) is 3.30. The van der Waals surface area contributed by atoms with Crippen LogP contribution in [0.15, 0.2) is 59.1 Å². The van der Waals surface area contributed by atoms with Crippen molar-refractivity contribution in [2.75, 3.05) is 24.1 Å². The summed E-state index contributed by atoms with van der Waals surface area (Å²) in [4.78, 5) is 11.2. The van der Waals surface area contributed by atoms with Crippen LogP contribution in [0.1, 0.15) is 31.2 Å². The number of halogens is 2. The molecule has 1 aliphatic rings. The van der Waals surface area contributed by atoms with E-state index in [0.29, 0.717) is 46.0 Å². The van der Waals surface area contributed by atoms with Crippen LogP contribution in [0, 0.1) is 11.6 Å². The van der Waals surface area contributed by atoms with Crippen molar-refractivity contribution in [3.8, 4) is 11.3 Å². The molecule has 1 fully saturated rings. The predicted molar refractivity (Wildman–Crippen MR) is 143 cm³/mol. The Kier molecular flexibility index (Phi) is 7.31. The van der Waals surface area contributed by atoms with E-state index >= 15 is 0 Å². The molecule has 2 aromatic carbocycles. The summed E-state index contributed by atoms with van der Waals surface area (Å²) in [5.74, 6) is -0.710. The van der Waals surface area contributed by atoms with Crippen LogP contribution in [0.5, 0.6) is 0 Å². The van der Waals surface area contributed by atoms with Gasteiger partial charge in [0.05, 0.1) is 17.6 Å². The van der Waals surface area contributed by atoms with Gasteiger partial charge in [-0.2, -0.15) is 0 Å². The number of nitrogens with one attached hydrogen (secondary N) is 2. The zero-order chi connectivity index (χ0) is 26.9. The molecule has 4 aromatic rings. The summed E-state index contributed by atoms with van der Waals surface area (Å²) >= 11 is 0. The molecule has 1 aliphatic carbocycles. The van der Waals surface area contributed by atoms with Crippen LogP contribution in [0.25, 0.3) is 22.4 Å². The molecule has 0 bridgehead atoms. The highest BCUT2D eigenvalue weighted by molar-refractivity contribution is 7.91. The van der Waals surface area contributed by atoms with Crippen molar-refractivity contribution in [1.29, 1.82) is 0 Å². The Hall–Kier alpha value is -3.57. The van der Waals surface area contributed by atoms with Crippen LogP contribution in [0.3, 0.4) is 0 Å². The molecule has 2 heterocycles. The lowest BCUT2D eigenvalue weighted by atomic mass is 9.91. The van der Waals surface area contributed by atoms with Gasteiger partial charge in [0.15, 0.2) is 5.58 Å². The monoisotopic (exact) mass is 541 g/mol. The van der Waals surface area contributed by atoms with E-state index in [4.69, 9.17) is 4.42 Å². The highest BCUT2D eigenvalue weighted by atomic mass is 32.2. The van der Waals surface area contributed by atoms with Gasteiger partial charge in [0.25, 0.3) is 0 Å². The molecule has 0 unspecified atom stereocenters. The number of anilines is 2. The molecule has 0 saturated heterocycles. The first kappa shape index (κ1) is 26.1. The third kappa shape index (κ3) is 6.11. The van der Waals surface area contributed by atoms with Crippen molar-refractivity contribution >= 4 is 32.8 Å². The summed E-state index contributed by atoms with van der Waals surface area (Å²) in [6.07, 6.45) is 5.90. The first-order chi connectivity index (χ1) is 18.1. The van der Waals surface area contributed by atoms with Gasteiger partial charge in [-0.05, 0) is 75.7 Å². The molecule has 8 nitrogen and oxygen atoms in total. The number of fused-ring (bicyclic) bond motifs is 1. The van der Waals surface area contributed by atoms with Crippen LogP contribution in [0.2, 0.25) is 0 Å². The molecule has 0 radical (unpaired) electrons. The zero-order valence-electron chi connectivity index (χ0n) is 21.1. The highest BCUT2D eigenvalue weighted by Gasteiger charge is 2.23. The number of sulfonamides is 1. The number of rotatable bonds is 8. The molecule has 2 N–H and O–H groups in total. The Morgan fingerprint density at radius 3 is 2.47 bits per heavy atom. The molecule has 1 saturated carbocycles. The van der Waals surface area contributed by atoms with Gasteiger partial charge in [0.2, 0.25) is 16.0 Å². The smallest absolute Gasteiger partial charge is 0.237 e. The zero-order valence-corrected chi connectivity index (χ0v) is 21.9. The van der Waals surface area contributed by atoms with Gasteiger partial charge in [0, 0.05) is 23.7 Å². The maximum Gasteiger partial charge on any atom is 0.237 e. The lowest BCUT2D eigenvalue weighted by Gasteiger charge is -2.32. The molecule has 5 rings (SSSR count). The van der Waals surface area contributed by atoms with E-state index < -0.39 is 27.4 Å². The van der Waals surface area contributed by atoms with Gasteiger partial charge in [0.1, 0.15) is 22.9 Å². The molecule has 0 spiro atoms. The van der Waals surface area contributed by atoms with Crippen molar-refractivity contribution in [2.45, 2.75) is 43.5 Å². The fraction of sp³-hybridized carbons (Fsp3) is 0.333. The Balaban J connectivity index is 1.31. The van der Waals surface area contributed by atoms with Gasteiger partial charge >= 0.3 is 0 Å². The van der Waals surface area contributed by atoms with E-state index in [1.165, 1.54) is 42.5 Å². The van der Waals surface area contributed by atoms with E-state index in [0.717, 1.165) is 25.7 Å². The first-order valence-electron chi connectivity index (χ1n) is 12.4. The molecular formula is C27H29F2N5O3S. The average molecular weight is 542 g/mol. The SMILES string of the molecule is CN(C)C1CCC(Nc2ncc3oc(-c4ccc(F)c(NS(=O)(=O)Cc5ccc(F)cc5)c4)cc3n2)CC1. The minimum absolute atomic E-state index is 0.216. The number of benzene rings is 2. The van der Waals surface area contributed by atoms with Crippen molar-refractivity contribution in [3.05, 3.63) is 71.9 Å². The van der Waals surface area contributed by atoms with E-state index in [-0.39, 0.29) is 5.69 Å². The van der Waals surface area contributed by atoms with Crippen molar-refractivity contribution < 1.29 is 21.6 Å². The molecule has 0 atom stereocenters. The minimum Gasteiger partial charge on any atom is -0.453 e. The maximum absolute atomic E-state index is 14.5. The summed E-state index contributed by atoms with van der Waals surface area (Å²) in [7, 11) is 0.269. The van der Waals surface area contributed by atoms with E-state index in [1.54, 1.807) is 12.3 Å². The number of hydrogen-bond donors (Lipinski definition) is 2. The van der Waals surface area contributed by atoms with Gasteiger partial charge in [-0.3, -0.25) is 4.72 Å². The highest BCUT2D eigenvalue weighted by Crippen LogP contribution is 2.31. The van der Waals surface area contributed by atoms with Gasteiger partial charge < -0.3 is 14.6 Å². The molecule has 11 heteroatoms. The van der Waals surface area contributed by atoms with Crippen LogP contribution in [-0.4, -0.2) is 49.5 Å². The van der Waals surface area contributed by atoms with Crippen molar-refractivity contribution in [3.63, 3.8) is 0 Å². The normalized spacial score (nSPS) is 18.1. The van der Waals surface area contributed by atoms with Crippen LogP contribution < -0.4 is 10.0 Å². The molecule has 0 aliphatic heterocycles. The maximum atomic E-state index is 14.5. The second-order valence-electron chi connectivity index (χ2n) is 9.85. The summed E-state index contributed by atoms with van der Waals surface area (Å²) in [5.41, 5.74) is 1.68. The summed E-state index contributed by atoms with van der Waals surface area (Å²) in [5, 5.41) is 3.42. The lowest BCUT2D eigenvalue weighted by molar-refractivity contribution is 0.221. The summed E-state index contributed by atoms with van der Waals surface area (Å²) in [6.45, 7) is 0. The minimum atomic E-state index is -3.95. The topological polar surface area (TPSA) is 100 Å². The molecule has 200 valence electrons. The van der Waals surface area contributed by atoms with Gasteiger partial charge in [-0.15, -0.1) is 0 Å². The standard InChI is InChI=1S/C27H29F2N5O3S/c1-34(2)21-10-8-20(9-11-21)31-27-30-15-26-24(32-27)14-25(37-26)18-5-12-22(29)23(13-18)33-38(35,36)16-17-3-6-19(28)7-4-17/h3-7,12-15,20-21,33H,8-11,16H2,1-2H3,(H,30,31,32). The number of nitrogens with zero attached hydrogens (tertiary/aromatic N) is 3. The predicted octanol–water partition coefficient (Wildman–Crippen LogP) is 5.39. The van der Waals surface area contributed by atoms with Crippen LogP contribution in [0.4, 0.5) is 20.4 Å². The number of furan rings is 1. The number of aromatic nitrogens is 2. The Labute approximate surface area is 220 Å². The number of hydrogen-bond acceptors (Lipinski definition) is 7. The largest absolute Gasteiger partial charge is 0.453 e. The van der Waals surface area contributed by atoms with E-state index in [1.807, 2.05) is 0 Å². The van der Waals surface area contributed by atoms with E-state index in [9.17, 15) is 17.2 Å². The fourth-order valence-electron chi connectivity index (χ4n) is 4.73. The lowest BCUT2D eigenvalue weighted by Crippen LogP contribution is -2.36. The van der Waals surface area contributed by atoms with E-state index in [2.05, 4.69) is 39.0 Å². The molecule has 38 heavy (non-hydrogen) atoms. The summed E-state index contributed by atoms with van der Waals surface area (Å²) < 4.78 is 61.1. The first-order valence-corrected chi connectivity index (χ1v) is 14.0. The fourth-order valence-corrected chi connectivity index (χ4v) is 5.92. The second-order valence-corrected chi connectivity index (χ2v) is 11.6. The van der Waals surface area contributed by atoms with Gasteiger partial charge in [-0.25, -0.2) is 27.2 Å². The Bertz CT molecular complexity index is 1530. The second kappa shape index (κ2) is 10.7.